The van der Waals surface area contributed by atoms with Crippen molar-refractivity contribution < 1.29 is 13.2 Å². The summed E-state index contributed by atoms with van der Waals surface area (Å²) in [5.74, 6) is 0.892. The van der Waals surface area contributed by atoms with E-state index in [1.807, 2.05) is 0 Å². The van der Waals surface area contributed by atoms with Gasteiger partial charge in [-0.1, -0.05) is 0 Å². The van der Waals surface area contributed by atoms with Crippen LogP contribution in [0, 0.1) is 5.92 Å². The molecule has 2 nitrogen and oxygen atoms in total. The molecule has 0 unspecified atom stereocenters. The number of aromatic nitrogens is 1. The molecule has 3 fully saturated rings. The van der Waals surface area contributed by atoms with E-state index in [1.165, 1.54) is 25.3 Å². The Labute approximate surface area is 97.2 Å². The Kier molecular flexibility index (Phi) is 2.23. The van der Waals surface area contributed by atoms with E-state index in [4.69, 9.17) is 0 Å². The molecule has 3 saturated carbocycles. The van der Waals surface area contributed by atoms with Crippen LogP contribution in [0.25, 0.3) is 0 Å². The van der Waals surface area contributed by atoms with Gasteiger partial charge in [0.05, 0.1) is 11.3 Å². The number of hydrogen-bond donors (Lipinski definition) is 1. The molecule has 0 aliphatic heterocycles. The van der Waals surface area contributed by atoms with Crippen LogP contribution in [0.2, 0.25) is 0 Å². The molecule has 0 radical (unpaired) electrons. The van der Waals surface area contributed by atoms with Crippen LogP contribution in [0.5, 0.6) is 0 Å². The lowest BCUT2D eigenvalue weighted by Gasteiger charge is -2.62. The van der Waals surface area contributed by atoms with E-state index < -0.39 is 11.7 Å². The first-order chi connectivity index (χ1) is 7.97. The zero-order valence-electron chi connectivity index (χ0n) is 9.22. The van der Waals surface area contributed by atoms with E-state index >= 15 is 0 Å². The lowest BCUT2D eigenvalue weighted by molar-refractivity contribution is -0.137. The van der Waals surface area contributed by atoms with Gasteiger partial charge in [0.25, 0.3) is 0 Å². The van der Waals surface area contributed by atoms with Gasteiger partial charge in [-0.25, -0.2) is 0 Å². The third-order valence-electron chi connectivity index (χ3n) is 3.83. The van der Waals surface area contributed by atoms with E-state index in [1.54, 1.807) is 0 Å². The van der Waals surface area contributed by atoms with Gasteiger partial charge in [0.1, 0.15) is 0 Å². The average molecular weight is 242 g/mol. The molecule has 2 bridgehead atoms. The van der Waals surface area contributed by atoms with Gasteiger partial charge in [-0.15, -0.1) is 0 Å². The maximum Gasteiger partial charge on any atom is 0.417 e. The molecule has 0 atom stereocenters. The molecule has 0 aromatic carbocycles. The number of nitrogens with one attached hydrogen (secondary N) is 1. The lowest BCUT2D eigenvalue weighted by atomic mass is 9.50. The van der Waals surface area contributed by atoms with E-state index in [9.17, 15) is 13.2 Å². The highest BCUT2D eigenvalue weighted by atomic mass is 19.4. The van der Waals surface area contributed by atoms with Gasteiger partial charge in [-0.3, -0.25) is 4.98 Å². The molecule has 3 aliphatic rings. The molecule has 0 saturated heterocycles. The van der Waals surface area contributed by atoms with Crippen LogP contribution in [0.4, 0.5) is 13.2 Å². The third-order valence-corrected chi connectivity index (χ3v) is 3.83. The first-order valence-corrected chi connectivity index (χ1v) is 5.74. The monoisotopic (exact) mass is 242 g/mol. The number of hydrogen-bond acceptors (Lipinski definition) is 2. The summed E-state index contributed by atoms with van der Waals surface area (Å²) in [5, 5.41) is 3.39. The quantitative estimate of drug-likeness (QED) is 0.881. The van der Waals surface area contributed by atoms with Crippen molar-refractivity contribution in [2.24, 2.45) is 5.92 Å². The fourth-order valence-corrected chi connectivity index (χ4v) is 2.67. The summed E-state index contributed by atoms with van der Waals surface area (Å²) in [5.41, 5.74) is 0.268. The number of rotatable bonds is 3. The number of nitrogens with zero attached hydrogens (tertiary/aromatic N) is 1. The Hall–Kier alpha value is -1.10. The van der Waals surface area contributed by atoms with Crippen LogP contribution >= 0.6 is 0 Å². The van der Waals surface area contributed by atoms with Crippen molar-refractivity contribution >= 4 is 0 Å². The lowest BCUT2D eigenvalue weighted by Crippen LogP contribution is -2.66. The maximum absolute atomic E-state index is 12.3. The Balaban J connectivity index is 1.60. The average Bonchev–Trinajstić information content (AvgIpc) is 2.12. The second-order valence-electron chi connectivity index (χ2n) is 5.15. The van der Waals surface area contributed by atoms with Gasteiger partial charge in [-0.05, 0) is 37.3 Å². The van der Waals surface area contributed by atoms with Crippen molar-refractivity contribution in [2.45, 2.75) is 37.5 Å². The van der Waals surface area contributed by atoms with E-state index in [-0.39, 0.29) is 5.54 Å². The molecular weight excluding hydrogens is 229 g/mol. The molecule has 92 valence electrons. The molecule has 5 heteroatoms. The van der Waals surface area contributed by atoms with Gasteiger partial charge < -0.3 is 5.32 Å². The molecule has 0 amide bonds. The highest BCUT2D eigenvalue weighted by Crippen LogP contribution is 2.56. The molecule has 0 spiro atoms. The van der Waals surface area contributed by atoms with Gasteiger partial charge >= 0.3 is 6.18 Å². The van der Waals surface area contributed by atoms with Crippen molar-refractivity contribution in [3.63, 3.8) is 0 Å². The Morgan fingerprint density at radius 2 is 2.00 bits per heavy atom. The number of pyridine rings is 1. The largest absolute Gasteiger partial charge is 0.417 e. The summed E-state index contributed by atoms with van der Waals surface area (Å²) < 4.78 is 36.9. The standard InChI is InChI=1S/C12H13F3N2/c13-12(14,15)9-1-2-10(16-6-9)7-17-11-3-8(4-11)5-11/h1-2,6,8,17H,3-5,7H2. The van der Waals surface area contributed by atoms with E-state index in [0.29, 0.717) is 12.2 Å². The predicted molar refractivity (Wildman–Crippen MR) is 56.2 cm³/mol. The van der Waals surface area contributed by atoms with Crippen molar-refractivity contribution in [1.29, 1.82) is 0 Å². The topological polar surface area (TPSA) is 24.9 Å². The van der Waals surface area contributed by atoms with E-state index in [0.717, 1.165) is 18.2 Å². The van der Waals surface area contributed by atoms with Gasteiger partial charge in [0.2, 0.25) is 0 Å². The smallest absolute Gasteiger partial charge is 0.306 e. The highest BCUT2D eigenvalue weighted by Gasteiger charge is 2.55. The van der Waals surface area contributed by atoms with E-state index in [2.05, 4.69) is 10.3 Å². The summed E-state index contributed by atoms with van der Waals surface area (Å²) in [7, 11) is 0. The molecule has 1 aromatic heterocycles. The van der Waals surface area contributed by atoms with Gasteiger partial charge in [0, 0.05) is 18.3 Å². The molecular formula is C12H13F3N2. The van der Waals surface area contributed by atoms with Crippen LogP contribution < -0.4 is 5.32 Å². The molecule has 4 rings (SSSR count). The SMILES string of the molecule is FC(F)(F)c1ccc(CNC23CC(C2)C3)nc1. The zero-order chi connectivity index (χ0) is 12.1. The van der Waals surface area contributed by atoms with Crippen molar-refractivity contribution in [3.05, 3.63) is 29.6 Å². The Morgan fingerprint density at radius 1 is 1.29 bits per heavy atom. The van der Waals surface area contributed by atoms with Crippen LogP contribution in [0.1, 0.15) is 30.5 Å². The second-order valence-corrected chi connectivity index (χ2v) is 5.15. The zero-order valence-corrected chi connectivity index (χ0v) is 9.22. The Morgan fingerprint density at radius 3 is 2.41 bits per heavy atom. The fourth-order valence-electron chi connectivity index (χ4n) is 2.67. The summed E-state index contributed by atoms with van der Waals surface area (Å²) in [4.78, 5) is 3.84. The maximum atomic E-state index is 12.3. The van der Waals surface area contributed by atoms with Crippen LogP contribution in [-0.4, -0.2) is 10.5 Å². The molecule has 1 aromatic rings. The fraction of sp³-hybridized carbons (Fsp3) is 0.583. The minimum absolute atomic E-state index is 0.287. The predicted octanol–water partition coefficient (Wildman–Crippen LogP) is 2.74. The second kappa shape index (κ2) is 3.45. The molecule has 1 N–H and O–H groups in total. The summed E-state index contributed by atoms with van der Waals surface area (Å²) in [6.45, 7) is 0.560. The van der Waals surface area contributed by atoms with Crippen LogP contribution in [0.3, 0.4) is 0 Å². The number of alkyl halides is 3. The van der Waals surface area contributed by atoms with Gasteiger partial charge in [0.15, 0.2) is 0 Å². The third kappa shape index (κ3) is 1.92. The molecule has 1 heterocycles. The first-order valence-electron chi connectivity index (χ1n) is 5.74. The summed E-state index contributed by atoms with van der Waals surface area (Å²) in [6.07, 6.45) is 0.251. The first kappa shape index (κ1) is 11.0. The summed E-state index contributed by atoms with van der Waals surface area (Å²) in [6, 6.07) is 2.54. The normalized spacial score (nSPS) is 30.6. The minimum atomic E-state index is -4.30. The highest BCUT2D eigenvalue weighted by molar-refractivity contribution is 5.18. The van der Waals surface area contributed by atoms with Gasteiger partial charge in [-0.2, -0.15) is 13.2 Å². The minimum Gasteiger partial charge on any atom is -0.306 e. The van der Waals surface area contributed by atoms with Crippen LogP contribution in [-0.2, 0) is 12.7 Å². The summed E-state index contributed by atoms with van der Waals surface area (Å²) >= 11 is 0. The number of halogens is 3. The van der Waals surface area contributed by atoms with Crippen molar-refractivity contribution in [1.82, 2.24) is 10.3 Å². The van der Waals surface area contributed by atoms with Crippen molar-refractivity contribution in [2.75, 3.05) is 0 Å². The van der Waals surface area contributed by atoms with Crippen LogP contribution in [0.15, 0.2) is 18.3 Å². The Bertz CT molecular complexity index is 407. The molecule has 17 heavy (non-hydrogen) atoms. The van der Waals surface area contributed by atoms with Crippen molar-refractivity contribution in [3.8, 4) is 0 Å². The molecule has 3 aliphatic carbocycles.